The molecule has 2 aromatic rings. The van der Waals surface area contributed by atoms with Crippen molar-refractivity contribution in [3.63, 3.8) is 0 Å². The zero-order chi connectivity index (χ0) is 17.4. The summed E-state index contributed by atoms with van der Waals surface area (Å²) in [5.41, 5.74) is 5.18. The molecule has 0 aliphatic carbocycles. The van der Waals surface area contributed by atoms with Crippen LogP contribution in [-0.4, -0.2) is 42.9 Å². The molecule has 0 radical (unpaired) electrons. The van der Waals surface area contributed by atoms with Crippen LogP contribution in [0, 0.1) is 0 Å². The molecule has 1 N–H and O–H groups in total. The van der Waals surface area contributed by atoms with Crippen molar-refractivity contribution in [1.29, 1.82) is 0 Å². The van der Waals surface area contributed by atoms with Crippen molar-refractivity contribution in [2.45, 2.75) is 13.5 Å². The molecule has 0 saturated carbocycles. The summed E-state index contributed by atoms with van der Waals surface area (Å²) in [5, 5.41) is 2.85. The molecule has 2 heterocycles. The first kappa shape index (κ1) is 15.7. The van der Waals surface area contributed by atoms with Crippen LogP contribution >= 0.6 is 0 Å². The first-order valence-corrected chi connectivity index (χ1v) is 8.64. The molecule has 1 fully saturated rings. The van der Waals surface area contributed by atoms with Gasteiger partial charge in [0, 0.05) is 50.9 Å². The molecular weight excluding hydrogens is 314 g/mol. The van der Waals surface area contributed by atoms with E-state index < -0.39 is 0 Å². The Morgan fingerprint density at radius 3 is 2.32 bits per heavy atom. The zero-order valence-electron chi connectivity index (χ0n) is 14.3. The fraction of sp³-hybridized carbons (Fsp3) is 0.300. The van der Waals surface area contributed by atoms with Gasteiger partial charge in [-0.15, -0.1) is 0 Å². The molecule has 2 aromatic carbocycles. The van der Waals surface area contributed by atoms with Gasteiger partial charge in [-0.2, -0.15) is 0 Å². The lowest BCUT2D eigenvalue weighted by atomic mass is 10.00. The zero-order valence-corrected chi connectivity index (χ0v) is 14.3. The highest BCUT2D eigenvalue weighted by Gasteiger charge is 2.20. The van der Waals surface area contributed by atoms with Gasteiger partial charge >= 0.3 is 0 Å². The summed E-state index contributed by atoms with van der Waals surface area (Å²) < 4.78 is 0. The van der Waals surface area contributed by atoms with E-state index in [2.05, 4.69) is 40.5 Å². The first-order chi connectivity index (χ1) is 12.1. The standard InChI is InChI=1S/C20H21N3O2/c1-14(24)22-8-10-23(11-9-22)18-6-4-15(5-7-18)16-2-3-17-13-21-20(25)19(17)12-16/h2-7,12H,8-11,13H2,1H3,(H,21,25). The third kappa shape index (κ3) is 2.97. The van der Waals surface area contributed by atoms with Gasteiger partial charge in [0.25, 0.3) is 5.91 Å². The molecule has 4 rings (SSSR count). The number of carbonyl (C=O) groups is 2. The Bertz CT molecular complexity index is 821. The van der Waals surface area contributed by atoms with Gasteiger partial charge in [-0.1, -0.05) is 24.3 Å². The van der Waals surface area contributed by atoms with Crippen LogP contribution in [0.3, 0.4) is 0 Å². The molecule has 25 heavy (non-hydrogen) atoms. The highest BCUT2D eigenvalue weighted by molar-refractivity contribution is 5.99. The van der Waals surface area contributed by atoms with Crippen LogP contribution in [0.5, 0.6) is 0 Å². The maximum Gasteiger partial charge on any atom is 0.251 e. The van der Waals surface area contributed by atoms with Crippen molar-refractivity contribution in [3.8, 4) is 11.1 Å². The van der Waals surface area contributed by atoms with Crippen LogP contribution in [0.15, 0.2) is 42.5 Å². The van der Waals surface area contributed by atoms with Crippen LogP contribution in [0.25, 0.3) is 11.1 Å². The van der Waals surface area contributed by atoms with Crippen molar-refractivity contribution < 1.29 is 9.59 Å². The summed E-state index contributed by atoms with van der Waals surface area (Å²) in [5.74, 6) is 0.160. The second-order valence-corrected chi connectivity index (χ2v) is 6.59. The topological polar surface area (TPSA) is 52.7 Å². The second-order valence-electron chi connectivity index (χ2n) is 6.59. The maximum atomic E-state index is 11.8. The van der Waals surface area contributed by atoms with E-state index in [1.54, 1.807) is 6.92 Å². The van der Waals surface area contributed by atoms with Crippen molar-refractivity contribution in [2.24, 2.45) is 0 Å². The monoisotopic (exact) mass is 335 g/mol. The largest absolute Gasteiger partial charge is 0.368 e. The quantitative estimate of drug-likeness (QED) is 0.916. The number of anilines is 1. The van der Waals surface area contributed by atoms with Crippen LogP contribution in [0.1, 0.15) is 22.8 Å². The highest BCUT2D eigenvalue weighted by atomic mass is 16.2. The second kappa shape index (κ2) is 6.24. The first-order valence-electron chi connectivity index (χ1n) is 8.64. The highest BCUT2D eigenvalue weighted by Crippen LogP contribution is 2.27. The average Bonchev–Trinajstić information content (AvgIpc) is 3.02. The Morgan fingerprint density at radius 2 is 1.64 bits per heavy atom. The molecule has 0 bridgehead atoms. The van der Waals surface area contributed by atoms with E-state index in [0.717, 1.165) is 48.4 Å². The maximum absolute atomic E-state index is 11.8. The molecule has 0 atom stereocenters. The lowest BCUT2D eigenvalue weighted by molar-refractivity contribution is -0.129. The number of fused-ring (bicyclic) bond motifs is 1. The van der Waals surface area contributed by atoms with Gasteiger partial charge in [0.15, 0.2) is 0 Å². The third-order valence-corrected chi connectivity index (χ3v) is 5.08. The van der Waals surface area contributed by atoms with Gasteiger partial charge in [-0.05, 0) is 34.9 Å². The van der Waals surface area contributed by atoms with E-state index in [1.165, 1.54) is 5.69 Å². The minimum atomic E-state index is 0.0109. The number of hydrogen-bond acceptors (Lipinski definition) is 3. The van der Waals surface area contributed by atoms with Crippen LogP contribution < -0.4 is 10.2 Å². The number of hydrogen-bond donors (Lipinski definition) is 1. The van der Waals surface area contributed by atoms with E-state index >= 15 is 0 Å². The fourth-order valence-electron chi connectivity index (χ4n) is 3.54. The van der Waals surface area contributed by atoms with Crippen molar-refractivity contribution in [1.82, 2.24) is 10.2 Å². The van der Waals surface area contributed by atoms with Gasteiger partial charge in [0.1, 0.15) is 0 Å². The van der Waals surface area contributed by atoms with Gasteiger partial charge < -0.3 is 15.1 Å². The van der Waals surface area contributed by atoms with Crippen molar-refractivity contribution in [3.05, 3.63) is 53.6 Å². The molecule has 0 aromatic heterocycles. The third-order valence-electron chi connectivity index (χ3n) is 5.08. The van der Waals surface area contributed by atoms with E-state index in [0.29, 0.717) is 6.54 Å². The summed E-state index contributed by atoms with van der Waals surface area (Å²) in [6.45, 7) is 5.52. The molecule has 2 aliphatic rings. The summed E-state index contributed by atoms with van der Waals surface area (Å²) in [7, 11) is 0. The molecule has 0 spiro atoms. The minimum Gasteiger partial charge on any atom is -0.368 e. The van der Waals surface area contributed by atoms with Crippen LogP contribution in [0.4, 0.5) is 5.69 Å². The Balaban J connectivity index is 1.50. The summed E-state index contributed by atoms with van der Waals surface area (Å²) >= 11 is 0. The van der Waals surface area contributed by atoms with Crippen molar-refractivity contribution in [2.75, 3.05) is 31.1 Å². The number of carbonyl (C=O) groups excluding carboxylic acids is 2. The number of amides is 2. The molecule has 128 valence electrons. The van der Waals surface area contributed by atoms with E-state index in [-0.39, 0.29) is 11.8 Å². The molecule has 0 unspecified atom stereocenters. The average molecular weight is 335 g/mol. The number of piperazine rings is 1. The Labute approximate surface area is 147 Å². The van der Waals surface area contributed by atoms with Crippen LogP contribution in [0.2, 0.25) is 0 Å². The summed E-state index contributed by atoms with van der Waals surface area (Å²) in [4.78, 5) is 27.5. The fourth-order valence-corrected chi connectivity index (χ4v) is 3.54. The van der Waals surface area contributed by atoms with E-state index in [9.17, 15) is 9.59 Å². The number of benzene rings is 2. The molecule has 5 heteroatoms. The smallest absolute Gasteiger partial charge is 0.251 e. The molecule has 5 nitrogen and oxygen atoms in total. The Morgan fingerprint density at radius 1 is 0.960 bits per heavy atom. The molecular formula is C20H21N3O2. The van der Waals surface area contributed by atoms with Gasteiger partial charge in [-0.3, -0.25) is 9.59 Å². The number of nitrogens with zero attached hydrogens (tertiary/aromatic N) is 2. The summed E-state index contributed by atoms with van der Waals surface area (Å²) in [6.07, 6.45) is 0. The molecule has 2 aliphatic heterocycles. The van der Waals surface area contributed by atoms with Gasteiger partial charge in [-0.25, -0.2) is 0 Å². The van der Waals surface area contributed by atoms with E-state index in [4.69, 9.17) is 0 Å². The van der Waals surface area contributed by atoms with Crippen molar-refractivity contribution >= 4 is 17.5 Å². The summed E-state index contributed by atoms with van der Waals surface area (Å²) in [6, 6.07) is 14.5. The van der Waals surface area contributed by atoms with Gasteiger partial charge in [0.2, 0.25) is 5.91 Å². The predicted molar refractivity (Wildman–Crippen MR) is 97.5 cm³/mol. The molecule has 1 saturated heterocycles. The lowest BCUT2D eigenvalue weighted by Gasteiger charge is -2.35. The Kier molecular flexibility index (Phi) is 3.92. The normalized spacial score (nSPS) is 16.6. The molecule has 2 amide bonds. The minimum absolute atomic E-state index is 0.0109. The Hall–Kier alpha value is -2.82. The van der Waals surface area contributed by atoms with E-state index in [1.807, 2.05) is 17.0 Å². The number of nitrogens with one attached hydrogen (secondary N) is 1. The SMILES string of the molecule is CC(=O)N1CCN(c2ccc(-c3ccc4c(c3)C(=O)NC4)cc2)CC1. The predicted octanol–water partition coefficient (Wildman–Crippen LogP) is 2.27. The van der Waals surface area contributed by atoms with Crippen LogP contribution in [-0.2, 0) is 11.3 Å². The number of rotatable bonds is 2. The lowest BCUT2D eigenvalue weighted by Crippen LogP contribution is -2.48. The van der Waals surface area contributed by atoms with Gasteiger partial charge in [0.05, 0.1) is 0 Å².